The summed E-state index contributed by atoms with van der Waals surface area (Å²) in [5, 5.41) is 3.39. The Labute approximate surface area is 96.9 Å². The van der Waals surface area contributed by atoms with E-state index in [9.17, 15) is 4.79 Å². The number of nitrogen functional groups attached to an aromatic ring is 1. The van der Waals surface area contributed by atoms with E-state index in [2.05, 4.69) is 9.68 Å². The first-order valence-corrected chi connectivity index (χ1v) is 4.77. The summed E-state index contributed by atoms with van der Waals surface area (Å²) in [5.74, 6) is 0.378. The second kappa shape index (κ2) is 4.56. The number of carbonyl (C=O) groups excluding carboxylic acids is 1. The van der Waals surface area contributed by atoms with Crippen LogP contribution >= 0.6 is 0 Å². The van der Waals surface area contributed by atoms with Crippen molar-refractivity contribution in [2.45, 2.75) is 0 Å². The molecule has 2 N–H and O–H groups in total. The first kappa shape index (κ1) is 11.0. The lowest BCUT2D eigenvalue weighted by Gasteiger charge is -2.03. The summed E-state index contributed by atoms with van der Waals surface area (Å²) in [6.07, 6.45) is 1.21. The van der Waals surface area contributed by atoms with Gasteiger partial charge in [-0.1, -0.05) is 5.16 Å². The van der Waals surface area contributed by atoms with E-state index < -0.39 is 5.97 Å². The molecular weight excluding hydrogens is 224 g/mol. The van der Waals surface area contributed by atoms with Gasteiger partial charge in [-0.25, -0.2) is 4.79 Å². The summed E-state index contributed by atoms with van der Waals surface area (Å²) in [4.78, 5) is 11.6. The maximum Gasteiger partial charge on any atom is 0.350 e. The van der Waals surface area contributed by atoms with Crippen LogP contribution in [0.5, 0.6) is 11.5 Å². The molecule has 0 amide bonds. The van der Waals surface area contributed by atoms with Gasteiger partial charge in [0.05, 0.1) is 13.3 Å². The van der Waals surface area contributed by atoms with E-state index in [1.54, 1.807) is 31.4 Å². The minimum atomic E-state index is -0.617. The van der Waals surface area contributed by atoms with Crippen LogP contribution in [0.3, 0.4) is 0 Å². The second-order valence-electron chi connectivity index (χ2n) is 3.17. The lowest BCUT2D eigenvalue weighted by molar-refractivity contribution is 0.0735. The SMILES string of the molecule is COc1ccc(OC(=O)c2cnoc2N)cc1. The fourth-order valence-corrected chi connectivity index (χ4v) is 1.21. The van der Waals surface area contributed by atoms with Crippen LogP contribution in [0.25, 0.3) is 0 Å². The van der Waals surface area contributed by atoms with Gasteiger partial charge in [0, 0.05) is 0 Å². The summed E-state index contributed by atoms with van der Waals surface area (Å²) in [6, 6.07) is 6.58. The molecule has 0 radical (unpaired) electrons. The number of benzene rings is 1. The predicted molar refractivity (Wildman–Crippen MR) is 58.9 cm³/mol. The standard InChI is InChI=1S/C11H10N2O4/c1-15-7-2-4-8(5-3-7)16-11(14)9-6-13-17-10(9)12/h2-6H,12H2,1H3. The number of hydrogen-bond donors (Lipinski definition) is 1. The zero-order valence-electron chi connectivity index (χ0n) is 9.04. The normalized spacial score (nSPS) is 9.94. The van der Waals surface area contributed by atoms with Crippen LogP contribution in [0.4, 0.5) is 5.88 Å². The maximum atomic E-state index is 11.6. The summed E-state index contributed by atoms with van der Waals surface area (Å²) < 4.78 is 14.6. The number of carbonyl (C=O) groups is 1. The van der Waals surface area contributed by atoms with Crippen LogP contribution in [-0.2, 0) is 0 Å². The van der Waals surface area contributed by atoms with Gasteiger partial charge >= 0.3 is 5.97 Å². The molecule has 0 saturated carbocycles. The van der Waals surface area contributed by atoms with Gasteiger partial charge in [-0.15, -0.1) is 0 Å². The number of nitrogens with zero attached hydrogens (tertiary/aromatic N) is 1. The van der Waals surface area contributed by atoms with Gasteiger partial charge in [0.15, 0.2) is 0 Å². The molecule has 0 aliphatic heterocycles. The molecule has 0 fully saturated rings. The van der Waals surface area contributed by atoms with E-state index in [0.29, 0.717) is 11.5 Å². The van der Waals surface area contributed by atoms with E-state index in [4.69, 9.17) is 15.2 Å². The van der Waals surface area contributed by atoms with Crippen molar-refractivity contribution in [3.05, 3.63) is 36.0 Å². The Kier molecular flexibility index (Phi) is 2.95. The fourth-order valence-electron chi connectivity index (χ4n) is 1.21. The Morgan fingerprint density at radius 2 is 1.94 bits per heavy atom. The maximum absolute atomic E-state index is 11.6. The molecule has 1 aromatic heterocycles. The number of hydrogen-bond acceptors (Lipinski definition) is 6. The molecule has 0 spiro atoms. The monoisotopic (exact) mass is 234 g/mol. The van der Waals surface area contributed by atoms with E-state index in [-0.39, 0.29) is 11.4 Å². The highest BCUT2D eigenvalue weighted by atomic mass is 16.5. The van der Waals surface area contributed by atoms with E-state index in [0.717, 1.165) is 0 Å². The van der Waals surface area contributed by atoms with E-state index >= 15 is 0 Å². The fraction of sp³-hybridized carbons (Fsp3) is 0.0909. The van der Waals surface area contributed by atoms with E-state index in [1.807, 2.05) is 0 Å². The zero-order valence-corrected chi connectivity index (χ0v) is 9.04. The molecule has 1 heterocycles. The summed E-state index contributed by atoms with van der Waals surface area (Å²) in [6.45, 7) is 0. The third kappa shape index (κ3) is 2.36. The van der Waals surface area contributed by atoms with Crippen LogP contribution in [0.1, 0.15) is 10.4 Å². The average molecular weight is 234 g/mol. The number of methoxy groups -OCH3 is 1. The van der Waals surface area contributed by atoms with Crippen LogP contribution < -0.4 is 15.2 Å². The summed E-state index contributed by atoms with van der Waals surface area (Å²) in [7, 11) is 1.55. The van der Waals surface area contributed by atoms with Gasteiger partial charge in [0.25, 0.3) is 0 Å². The van der Waals surface area contributed by atoms with Crippen molar-refractivity contribution >= 4 is 11.9 Å². The smallest absolute Gasteiger partial charge is 0.350 e. The number of ether oxygens (including phenoxy) is 2. The van der Waals surface area contributed by atoms with Crippen molar-refractivity contribution in [2.24, 2.45) is 0 Å². The Morgan fingerprint density at radius 3 is 2.47 bits per heavy atom. The Bertz CT molecular complexity index is 519. The van der Waals surface area contributed by atoms with Gasteiger partial charge in [-0.3, -0.25) is 0 Å². The molecule has 0 aliphatic rings. The van der Waals surface area contributed by atoms with Crippen LogP contribution in [-0.4, -0.2) is 18.2 Å². The number of esters is 1. The number of aromatic nitrogens is 1. The molecule has 0 unspecified atom stereocenters. The Balaban J connectivity index is 2.10. The molecule has 6 heteroatoms. The minimum Gasteiger partial charge on any atom is -0.497 e. The number of nitrogens with two attached hydrogens (primary N) is 1. The van der Waals surface area contributed by atoms with Crippen molar-refractivity contribution in [2.75, 3.05) is 12.8 Å². The number of rotatable bonds is 3. The Morgan fingerprint density at radius 1 is 1.29 bits per heavy atom. The van der Waals surface area contributed by atoms with Gasteiger partial charge in [-0.05, 0) is 24.3 Å². The molecule has 0 bridgehead atoms. The molecule has 2 aromatic rings. The van der Waals surface area contributed by atoms with E-state index in [1.165, 1.54) is 6.20 Å². The van der Waals surface area contributed by atoms with Gasteiger partial charge in [0.1, 0.15) is 17.1 Å². The molecule has 0 atom stereocenters. The molecule has 17 heavy (non-hydrogen) atoms. The average Bonchev–Trinajstić information content (AvgIpc) is 2.76. The molecule has 2 rings (SSSR count). The highest BCUT2D eigenvalue weighted by molar-refractivity contribution is 5.94. The van der Waals surface area contributed by atoms with Crippen molar-refractivity contribution in [3.63, 3.8) is 0 Å². The lowest BCUT2D eigenvalue weighted by Crippen LogP contribution is -2.09. The summed E-state index contributed by atoms with van der Waals surface area (Å²) in [5.41, 5.74) is 5.49. The summed E-state index contributed by atoms with van der Waals surface area (Å²) >= 11 is 0. The van der Waals surface area contributed by atoms with Gasteiger partial charge in [-0.2, -0.15) is 0 Å². The molecule has 1 aromatic carbocycles. The quantitative estimate of drug-likeness (QED) is 0.639. The van der Waals surface area contributed by atoms with Crippen molar-refractivity contribution in [1.29, 1.82) is 0 Å². The molecule has 88 valence electrons. The minimum absolute atomic E-state index is 0.0662. The largest absolute Gasteiger partial charge is 0.497 e. The molecular formula is C11H10N2O4. The zero-order chi connectivity index (χ0) is 12.3. The lowest BCUT2D eigenvalue weighted by atomic mass is 10.3. The van der Waals surface area contributed by atoms with Crippen LogP contribution in [0.2, 0.25) is 0 Å². The third-order valence-corrected chi connectivity index (χ3v) is 2.09. The van der Waals surface area contributed by atoms with Crippen molar-refractivity contribution in [1.82, 2.24) is 5.16 Å². The highest BCUT2D eigenvalue weighted by Crippen LogP contribution is 2.19. The van der Waals surface area contributed by atoms with Crippen molar-refractivity contribution < 1.29 is 18.8 Å². The third-order valence-electron chi connectivity index (χ3n) is 2.09. The van der Waals surface area contributed by atoms with Gasteiger partial charge < -0.3 is 19.7 Å². The predicted octanol–water partition coefficient (Wildman–Crippen LogP) is 1.48. The van der Waals surface area contributed by atoms with Crippen LogP contribution in [0.15, 0.2) is 35.0 Å². The highest BCUT2D eigenvalue weighted by Gasteiger charge is 2.15. The second-order valence-corrected chi connectivity index (χ2v) is 3.17. The molecule has 0 aliphatic carbocycles. The van der Waals surface area contributed by atoms with Gasteiger partial charge in [0.2, 0.25) is 5.88 Å². The molecule has 6 nitrogen and oxygen atoms in total. The first-order valence-electron chi connectivity index (χ1n) is 4.77. The first-order chi connectivity index (χ1) is 8.20. The number of anilines is 1. The topological polar surface area (TPSA) is 87.6 Å². The van der Waals surface area contributed by atoms with Crippen molar-refractivity contribution in [3.8, 4) is 11.5 Å². The van der Waals surface area contributed by atoms with Crippen LogP contribution in [0, 0.1) is 0 Å². The Hall–Kier alpha value is -2.50. The molecule has 0 saturated heterocycles.